The normalized spacial score (nSPS) is 21.3. The number of nitrogens with zero attached hydrogens (tertiary/aromatic N) is 5. The number of aromatic nitrogens is 4. The quantitative estimate of drug-likeness (QED) is 0.450. The van der Waals surface area contributed by atoms with E-state index in [1.54, 1.807) is 11.0 Å². The molecule has 6 rings (SSSR count). The number of amides is 3. The van der Waals surface area contributed by atoms with E-state index in [-0.39, 0.29) is 34.9 Å². The Labute approximate surface area is 217 Å². The third-order valence-electron chi connectivity index (χ3n) is 7.56. The molecule has 0 unspecified atom stereocenters. The summed E-state index contributed by atoms with van der Waals surface area (Å²) in [6.07, 6.45) is 3.54. The van der Waals surface area contributed by atoms with E-state index in [9.17, 15) is 23.9 Å². The molecule has 0 spiro atoms. The summed E-state index contributed by atoms with van der Waals surface area (Å²) in [5, 5.41) is 17.1. The van der Waals surface area contributed by atoms with E-state index in [2.05, 4.69) is 33.8 Å². The number of nitrogens with two attached hydrogens (primary N) is 1. The van der Waals surface area contributed by atoms with Gasteiger partial charge in [0.05, 0.1) is 18.2 Å². The van der Waals surface area contributed by atoms with Crippen LogP contribution >= 0.6 is 0 Å². The number of aliphatic hydroxyl groups excluding tert-OH is 1. The molecule has 12 heteroatoms. The highest BCUT2D eigenvalue weighted by atomic mass is 19.1. The van der Waals surface area contributed by atoms with Crippen LogP contribution in [0.15, 0.2) is 24.5 Å². The van der Waals surface area contributed by atoms with Crippen molar-refractivity contribution in [2.24, 2.45) is 17.1 Å². The van der Waals surface area contributed by atoms with Crippen LogP contribution in [-0.2, 0) is 30.8 Å². The highest BCUT2D eigenvalue weighted by Crippen LogP contribution is 2.40. The second-order valence-corrected chi connectivity index (χ2v) is 11.0. The molecule has 1 saturated carbocycles. The Hall–Kier alpha value is -4.06. The molecule has 4 N–H and O–H groups in total. The highest BCUT2D eigenvalue weighted by Gasteiger charge is 2.44. The zero-order chi connectivity index (χ0) is 26.9. The summed E-state index contributed by atoms with van der Waals surface area (Å²) < 4.78 is 16.7. The van der Waals surface area contributed by atoms with Crippen molar-refractivity contribution in [2.75, 3.05) is 16.8 Å². The number of carbonyl (C=O) groups excluding carboxylic acids is 3. The number of fused-ring (bicyclic) bond motifs is 3. The van der Waals surface area contributed by atoms with E-state index in [1.807, 2.05) is 6.07 Å². The summed E-state index contributed by atoms with van der Waals surface area (Å²) in [6.45, 7) is 4.95. The minimum atomic E-state index is -1.21. The van der Waals surface area contributed by atoms with Crippen LogP contribution in [0.4, 0.5) is 16.0 Å². The number of hydrogen-bond acceptors (Lipinski definition) is 6. The predicted molar refractivity (Wildman–Crippen MR) is 135 cm³/mol. The number of anilines is 2. The van der Waals surface area contributed by atoms with Crippen molar-refractivity contribution >= 4 is 29.4 Å². The summed E-state index contributed by atoms with van der Waals surface area (Å²) in [5.41, 5.74) is 9.27. The Balaban J connectivity index is 1.34. The Morgan fingerprint density at radius 1 is 1.29 bits per heavy atom. The topological polar surface area (TPSA) is 148 Å². The summed E-state index contributed by atoms with van der Waals surface area (Å²) in [5.74, 6) is -2.23. The number of pyridine rings is 1. The lowest BCUT2D eigenvalue weighted by Gasteiger charge is -2.30. The molecule has 3 aromatic heterocycles. The van der Waals surface area contributed by atoms with Gasteiger partial charge in [0.25, 0.3) is 11.8 Å². The van der Waals surface area contributed by atoms with Crippen molar-refractivity contribution in [1.82, 2.24) is 19.3 Å². The van der Waals surface area contributed by atoms with Crippen LogP contribution in [0.2, 0.25) is 0 Å². The molecule has 2 aliphatic carbocycles. The van der Waals surface area contributed by atoms with Gasteiger partial charge in [0, 0.05) is 36.7 Å². The average Bonchev–Trinajstić information content (AvgIpc) is 3.17. The monoisotopic (exact) mass is 521 g/mol. The van der Waals surface area contributed by atoms with Crippen LogP contribution in [0.5, 0.6) is 0 Å². The Morgan fingerprint density at radius 3 is 2.74 bits per heavy atom. The number of halogens is 1. The number of nitrogens with one attached hydrogen (secondary N) is 1. The smallest absolute Gasteiger partial charge is 0.276 e. The van der Waals surface area contributed by atoms with Crippen LogP contribution in [0, 0.1) is 11.3 Å². The van der Waals surface area contributed by atoms with Gasteiger partial charge in [-0.1, -0.05) is 13.8 Å². The van der Waals surface area contributed by atoms with Crippen molar-refractivity contribution in [3.8, 4) is 5.69 Å². The first-order valence-corrected chi connectivity index (χ1v) is 12.5. The van der Waals surface area contributed by atoms with Crippen molar-refractivity contribution in [2.45, 2.75) is 52.4 Å². The summed E-state index contributed by atoms with van der Waals surface area (Å²) in [6, 6.07) is 3.54. The zero-order valence-corrected chi connectivity index (χ0v) is 21.1. The Bertz CT molecular complexity index is 1510. The van der Waals surface area contributed by atoms with Gasteiger partial charge < -0.3 is 20.7 Å². The molecule has 198 valence electrons. The number of primary amides is 1. The van der Waals surface area contributed by atoms with Gasteiger partial charge in [0.1, 0.15) is 23.2 Å². The van der Waals surface area contributed by atoms with Crippen LogP contribution in [0.1, 0.15) is 57.9 Å². The molecule has 0 radical (unpaired) electrons. The number of carbonyl (C=O) groups is 3. The second kappa shape index (κ2) is 8.48. The van der Waals surface area contributed by atoms with Gasteiger partial charge in [-0.2, -0.15) is 0 Å². The zero-order valence-electron chi connectivity index (χ0n) is 21.1. The SMILES string of the molecule is CC1(C)Cc2cc3n(c2C1)CCN(c1nccc(-n2cc(C(N)=O)c(NC(=O)[C@@H]4C[C@@H]4F)n2)c1CO)C3=O. The maximum atomic E-state index is 13.6. The highest BCUT2D eigenvalue weighted by molar-refractivity contribution is 6.06. The summed E-state index contributed by atoms with van der Waals surface area (Å²) >= 11 is 0. The van der Waals surface area contributed by atoms with Gasteiger partial charge in [-0.3, -0.25) is 19.3 Å². The van der Waals surface area contributed by atoms with Crippen LogP contribution < -0.4 is 16.0 Å². The van der Waals surface area contributed by atoms with Crippen LogP contribution in [-0.4, -0.2) is 54.9 Å². The molecule has 0 aromatic carbocycles. The summed E-state index contributed by atoms with van der Waals surface area (Å²) in [7, 11) is 0. The average molecular weight is 522 g/mol. The predicted octanol–water partition coefficient (Wildman–Crippen LogP) is 1.74. The van der Waals surface area contributed by atoms with Gasteiger partial charge in [-0.15, -0.1) is 5.10 Å². The molecule has 1 fully saturated rings. The number of rotatable bonds is 6. The number of alkyl halides is 1. The molecule has 3 aromatic rings. The van der Waals surface area contributed by atoms with Gasteiger partial charge in [0.2, 0.25) is 5.91 Å². The van der Waals surface area contributed by atoms with Crippen LogP contribution in [0.3, 0.4) is 0 Å². The maximum absolute atomic E-state index is 13.6. The molecule has 4 heterocycles. The molecule has 1 aliphatic heterocycles. The Morgan fingerprint density at radius 2 is 2.05 bits per heavy atom. The first-order chi connectivity index (χ1) is 18.1. The van der Waals surface area contributed by atoms with E-state index in [4.69, 9.17) is 5.73 Å². The van der Waals surface area contributed by atoms with Gasteiger partial charge in [-0.25, -0.2) is 14.1 Å². The second-order valence-electron chi connectivity index (χ2n) is 11.0. The van der Waals surface area contributed by atoms with E-state index in [0.717, 1.165) is 12.8 Å². The fraction of sp³-hybridized carbons (Fsp3) is 0.423. The molecule has 3 aliphatic rings. The first-order valence-electron chi connectivity index (χ1n) is 12.5. The fourth-order valence-corrected chi connectivity index (χ4v) is 5.60. The first kappa shape index (κ1) is 24.3. The molecule has 2 atom stereocenters. The molecule has 0 saturated heterocycles. The standard InChI is InChI=1S/C26H28FN7O4/c1-26(2)9-13-7-19-25(38)33(6-5-32(19)20(13)10-26)23-16(12-35)18(3-4-29-23)34-11-15(21(28)36)22(31-34)30-24(37)14-8-17(14)27/h3-4,7,11,14,17,35H,5-6,8-10,12H2,1-2H3,(H2,28,36)(H,30,31,37)/t14-,17+/m1/s1. The molecule has 0 bridgehead atoms. The van der Waals surface area contributed by atoms with Crippen molar-refractivity contribution in [1.29, 1.82) is 0 Å². The van der Waals surface area contributed by atoms with Crippen molar-refractivity contribution < 1.29 is 23.9 Å². The Kier molecular flexibility index (Phi) is 5.42. The third-order valence-corrected chi connectivity index (χ3v) is 7.56. The fourth-order valence-electron chi connectivity index (χ4n) is 5.60. The molecule has 11 nitrogen and oxygen atoms in total. The maximum Gasteiger partial charge on any atom is 0.276 e. The lowest BCUT2D eigenvalue weighted by Crippen LogP contribution is -2.41. The molecular formula is C26H28FN7O4. The van der Waals surface area contributed by atoms with Gasteiger partial charge in [0.15, 0.2) is 5.82 Å². The third kappa shape index (κ3) is 3.87. The minimum absolute atomic E-state index is 0.0685. The van der Waals surface area contributed by atoms with Gasteiger partial charge >= 0.3 is 0 Å². The van der Waals surface area contributed by atoms with Gasteiger partial charge in [-0.05, 0) is 42.4 Å². The van der Waals surface area contributed by atoms with E-state index >= 15 is 0 Å². The lowest BCUT2D eigenvalue weighted by molar-refractivity contribution is -0.117. The van der Waals surface area contributed by atoms with E-state index in [1.165, 1.54) is 28.3 Å². The summed E-state index contributed by atoms with van der Waals surface area (Å²) in [4.78, 5) is 43.9. The largest absolute Gasteiger partial charge is 0.391 e. The lowest BCUT2D eigenvalue weighted by atomic mass is 9.90. The minimum Gasteiger partial charge on any atom is -0.391 e. The number of aliphatic hydroxyl groups is 1. The van der Waals surface area contributed by atoms with Crippen molar-refractivity contribution in [3.05, 3.63) is 52.6 Å². The van der Waals surface area contributed by atoms with E-state index in [0.29, 0.717) is 30.0 Å². The number of hydrogen-bond donors (Lipinski definition) is 3. The molecular weight excluding hydrogens is 493 g/mol. The molecule has 38 heavy (non-hydrogen) atoms. The molecule has 3 amide bonds. The van der Waals surface area contributed by atoms with E-state index < -0.39 is 30.5 Å². The van der Waals surface area contributed by atoms with Crippen LogP contribution in [0.25, 0.3) is 5.69 Å². The van der Waals surface area contributed by atoms with Crippen molar-refractivity contribution in [3.63, 3.8) is 0 Å².